The molecule has 14 aromatic rings. The number of carbonyl (C=O) groups is 1. The van der Waals surface area contributed by atoms with Gasteiger partial charge in [-0.05, 0) is 130 Å². The third-order valence-electron chi connectivity index (χ3n) is 15.2. The fourth-order valence-electron chi connectivity index (χ4n) is 12.5. The summed E-state index contributed by atoms with van der Waals surface area (Å²) in [5, 5.41) is 8.36. The molecular weight excluding hydrogens is 1140 g/mol. The molecule has 0 N–H and O–H groups in total. The molecule has 0 fully saturated rings. The lowest BCUT2D eigenvalue weighted by atomic mass is 9.70. The minimum atomic E-state index is -0.511. The number of fused-ring (bicyclic) bond motifs is 29. The molecule has 3 aliphatic rings. The number of hydrogen-bond acceptors (Lipinski definition) is 5. The number of carbonyl (C=O) groups excluding carboxylic acids is 1. The molecule has 0 bridgehead atoms. The summed E-state index contributed by atoms with van der Waals surface area (Å²) in [4.78, 5) is 13.4. The molecule has 0 aliphatic heterocycles. The predicted octanol–water partition coefficient (Wildman–Crippen LogP) is 19.6. The third-order valence-corrected chi connectivity index (χ3v) is 17.6. The second-order valence-corrected chi connectivity index (χ2v) is 21.9. The lowest BCUT2D eigenvalue weighted by molar-refractivity contribution is 0.104. The summed E-state index contributed by atoms with van der Waals surface area (Å²) in [6.45, 7) is 0. The molecule has 334 valence electrons. The van der Waals surface area contributed by atoms with Crippen molar-refractivity contribution in [1.29, 1.82) is 0 Å². The van der Waals surface area contributed by atoms with Crippen molar-refractivity contribution in [2.24, 2.45) is 0 Å². The summed E-state index contributed by atoms with van der Waals surface area (Å²) in [5.74, 6) is -0.00376. The molecule has 4 heterocycles. The van der Waals surface area contributed by atoms with Crippen LogP contribution in [0.25, 0.3) is 121 Å². The van der Waals surface area contributed by atoms with E-state index in [2.05, 4.69) is 161 Å². The van der Waals surface area contributed by atoms with Crippen molar-refractivity contribution < 1.29 is 22.5 Å². The quantitative estimate of drug-likeness (QED) is 0.151. The molecule has 9 heteroatoms. The Hall–Kier alpha value is -7.01. The second-order valence-electron chi connectivity index (χ2n) is 18.5. The van der Waals surface area contributed by atoms with E-state index in [4.69, 9.17) is 17.7 Å². The number of furan rings is 4. The predicted molar refractivity (Wildman–Crippen MR) is 298 cm³/mol. The summed E-state index contributed by atoms with van der Waals surface area (Å²) in [6, 6.07) is 58.7. The molecule has 71 heavy (non-hydrogen) atoms. The first-order valence-corrected chi connectivity index (χ1v) is 26.3. The van der Waals surface area contributed by atoms with Crippen LogP contribution in [0.15, 0.2) is 205 Å². The van der Waals surface area contributed by atoms with Gasteiger partial charge in [-0.2, -0.15) is 0 Å². The average molecular weight is 1170 g/mol. The molecule has 0 unspecified atom stereocenters. The highest BCUT2D eigenvalue weighted by Gasteiger charge is 2.54. The molecular formula is C62H28Br4O5. The normalized spacial score (nSPS) is 13.8. The smallest absolute Gasteiger partial charge is 0.194 e. The van der Waals surface area contributed by atoms with Gasteiger partial charge in [-0.3, -0.25) is 4.79 Å². The monoisotopic (exact) mass is 1170 g/mol. The van der Waals surface area contributed by atoms with Crippen molar-refractivity contribution in [1.82, 2.24) is 0 Å². The largest absolute Gasteiger partial charge is 0.455 e. The van der Waals surface area contributed by atoms with E-state index in [0.29, 0.717) is 11.1 Å². The molecule has 10 aromatic carbocycles. The van der Waals surface area contributed by atoms with Crippen molar-refractivity contribution in [3.63, 3.8) is 0 Å². The number of ketones is 1. The van der Waals surface area contributed by atoms with E-state index in [1.54, 1.807) is 0 Å². The molecule has 17 rings (SSSR count). The first kappa shape index (κ1) is 40.7. The van der Waals surface area contributed by atoms with E-state index < -0.39 is 5.41 Å². The lowest BCUT2D eigenvalue weighted by Crippen LogP contribution is -2.26. The zero-order valence-electron chi connectivity index (χ0n) is 36.7. The Morgan fingerprint density at radius 1 is 0.310 bits per heavy atom. The van der Waals surface area contributed by atoms with Gasteiger partial charge in [0.05, 0.1) is 14.4 Å². The van der Waals surface area contributed by atoms with Gasteiger partial charge in [-0.25, -0.2) is 0 Å². The van der Waals surface area contributed by atoms with Crippen LogP contribution in [0.5, 0.6) is 0 Å². The maximum atomic E-state index is 13.4. The van der Waals surface area contributed by atoms with E-state index in [1.165, 1.54) is 38.9 Å². The number of para-hydroxylation sites is 4. The van der Waals surface area contributed by atoms with E-state index >= 15 is 0 Å². The van der Waals surface area contributed by atoms with Crippen LogP contribution < -0.4 is 0 Å². The minimum absolute atomic E-state index is 0.00376. The van der Waals surface area contributed by atoms with Crippen LogP contribution in [-0.4, -0.2) is 5.78 Å². The van der Waals surface area contributed by atoms with Crippen molar-refractivity contribution in [3.8, 4) is 33.4 Å². The summed E-state index contributed by atoms with van der Waals surface area (Å²) < 4.78 is 29.4. The van der Waals surface area contributed by atoms with Gasteiger partial charge in [0, 0.05) is 85.4 Å². The van der Waals surface area contributed by atoms with Gasteiger partial charge in [0.15, 0.2) is 5.78 Å². The van der Waals surface area contributed by atoms with Gasteiger partial charge in [-0.1, -0.05) is 137 Å². The molecule has 0 saturated carbocycles. The fourth-order valence-corrected chi connectivity index (χ4v) is 14.8. The zero-order valence-corrected chi connectivity index (χ0v) is 43.1. The van der Waals surface area contributed by atoms with Crippen LogP contribution in [0, 0.1) is 0 Å². The van der Waals surface area contributed by atoms with E-state index in [1.807, 2.05) is 72.8 Å². The van der Waals surface area contributed by atoms with Gasteiger partial charge >= 0.3 is 0 Å². The Kier molecular flexibility index (Phi) is 8.21. The second kappa shape index (κ2) is 14.3. The van der Waals surface area contributed by atoms with Crippen molar-refractivity contribution in [2.75, 3.05) is 0 Å². The van der Waals surface area contributed by atoms with E-state index in [9.17, 15) is 4.79 Å². The van der Waals surface area contributed by atoms with Crippen LogP contribution in [0.4, 0.5) is 0 Å². The highest BCUT2D eigenvalue weighted by molar-refractivity contribution is 9.11. The van der Waals surface area contributed by atoms with Crippen LogP contribution in [-0.2, 0) is 5.41 Å². The van der Waals surface area contributed by atoms with Gasteiger partial charge in [0.25, 0.3) is 0 Å². The Morgan fingerprint density at radius 2 is 0.676 bits per heavy atom. The van der Waals surface area contributed by atoms with Crippen molar-refractivity contribution >= 4 is 157 Å². The number of rotatable bonds is 0. The summed E-state index contributed by atoms with van der Waals surface area (Å²) in [5.41, 5.74) is 19.1. The van der Waals surface area contributed by atoms with Crippen LogP contribution in [0.3, 0.4) is 0 Å². The highest BCUT2D eigenvalue weighted by Crippen LogP contribution is 2.67. The molecule has 5 nitrogen and oxygen atoms in total. The topological polar surface area (TPSA) is 69.6 Å². The summed E-state index contributed by atoms with van der Waals surface area (Å²) in [7, 11) is 0. The van der Waals surface area contributed by atoms with Crippen LogP contribution in [0.2, 0.25) is 0 Å². The standard InChI is InChI=1S/C37H18Br2O2.C25H10Br2O3/c38-27-17-26-34(36-31(27)21-11-3-7-15-29(21)41-36)33-25(18-28(39)35-32(33)22-12-4-8-16-30(22)40-35)37(26)23-13-5-1-9-19(23)20-10-2-6-14-24(20)37;26-15-9-14-22(25-19(15)11-5-1-3-7-17(11)30-25)20-13(23(14)28)10-16(27)24-21(20)12-6-2-4-8-18(12)29-24/h1-18H;1-10H. The lowest BCUT2D eigenvalue weighted by Gasteiger charge is -2.30. The van der Waals surface area contributed by atoms with Crippen LogP contribution >= 0.6 is 63.7 Å². The van der Waals surface area contributed by atoms with Crippen molar-refractivity contribution in [3.05, 3.63) is 221 Å². The first-order chi connectivity index (χ1) is 34.8. The molecule has 1 spiro atoms. The molecule has 4 aromatic heterocycles. The molecule has 0 saturated heterocycles. The highest BCUT2D eigenvalue weighted by atomic mass is 79.9. The van der Waals surface area contributed by atoms with Gasteiger partial charge in [-0.15, -0.1) is 0 Å². The number of hydrogen-bond donors (Lipinski definition) is 0. The maximum Gasteiger partial charge on any atom is 0.194 e. The molecule has 0 amide bonds. The average Bonchev–Trinajstić information content (AvgIpc) is 4.27. The van der Waals surface area contributed by atoms with Gasteiger partial charge in [0.2, 0.25) is 0 Å². The first-order valence-electron chi connectivity index (χ1n) is 23.1. The Balaban J connectivity index is 0.000000129. The minimum Gasteiger partial charge on any atom is -0.455 e. The van der Waals surface area contributed by atoms with E-state index in [0.717, 1.165) is 122 Å². The molecule has 0 atom stereocenters. The third kappa shape index (κ3) is 5.07. The summed E-state index contributed by atoms with van der Waals surface area (Å²) >= 11 is 15.3. The molecule has 3 aliphatic carbocycles. The van der Waals surface area contributed by atoms with Crippen molar-refractivity contribution in [2.45, 2.75) is 5.41 Å². The van der Waals surface area contributed by atoms with Crippen LogP contribution in [0.1, 0.15) is 38.2 Å². The SMILES string of the molecule is Brc1cc2c(c3c1oc1ccccc13)-c1c(cc(Br)c3c1oc1ccccc13)C21c2ccccc2-c2ccccc21.O=C1c2cc(Br)c3c(oc4ccccc43)c2-c2c1cc(Br)c1oc3ccccc3c21. The Bertz CT molecular complexity index is 4750. The van der Waals surface area contributed by atoms with E-state index in [-0.39, 0.29) is 5.78 Å². The number of halogens is 4. The van der Waals surface area contributed by atoms with Gasteiger partial charge < -0.3 is 17.7 Å². The maximum absolute atomic E-state index is 13.4. The van der Waals surface area contributed by atoms with Gasteiger partial charge in [0.1, 0.15) is 44.7 Å². The zero-order chi connectivity index (χ0) is 47.2. The fraction of sp³-hybridized carbons (Fsp3) is 0.0161. The molecule has 0 radical (unpaired) electrons. The summed E-state index contributed by atoms with van der Waals surface area (Å²) in [6.07, 6.45) is 0. The number of benzene rings is 10. The Morgan fingerprint density at radius 3 is 1.23 bits per heavy atom. The Labute approximate surface area is 436 Å².